The zero-order valence-electron chi connectivity index (χ0n) is 15.8. The van der Waals surface area contributed by atoms with Crippen LogP contribution in [0.3, 0.4) is 0 Å². The van der Waals surface area contributed by atoms with Crippen LogP contribution in [0.4, 0.5) is 5.69 Å². The van der Waals surface area contributed by atoms with Crippen LogP contribution in [0.5, 0.6) is 0 Å². The highest BCUT2D eigenvalue weighted by atomic mass is 16.6. The molecule has 3 rings (SSSR count). The maximum Gasteiger partial charge on any atom is 0.330 e. The summed E-state index contributed by atoms with van der Waals surface area (Å²) >= 11 is 0. The highest BCUT2D eigenvalue weighted by Crippen LogP contribution is 2.28. The summed E-state index contributed by atoms with van der Waals surface area (Å²) in [6, 6.07) is 5.50. The van der Waals surface area contributed by atoms with Crippen molar-refractivity contribution < 1.29 is 24.7 Å². The third-order valence-electron chi connectivity index (χ3n) is 4.77. The number of aromatic nitrogens is 2. The topological polar surface area (TPSA) is 177 Å². The van der Waals surface area contributed by atoms with E-state index in [-0.39, 0.29) is 24.2 Å². The summed E-state index contributed by atoms with van der Waals surface area (Å²) in [5, 5.41) is 33.7. The summed E-state index contributed by atoms with van der Waals surface area (Å²) < 4.78 is 6.52. The van der Waals surface area contributed by atoms with E-state index in [0.717, 1.165) is 4.57 Å². The molecule has 12 nitrogen and oxygen atoms in total. The van der Waals surface area contributed by atoms with Crippen LogP contribution in [0.15, 0.2) is 40.1 Å². The number of hydrogen-bond donors (Lipinski definition) is 4. The number of nitrogens with one attached hydrogen (secondary N) is 2. The van der Waals surface area contributed by atoms with Gasteiger partial charge in [0.15, 0.2) is 6.23 Å². The third-order valence-corrected chi connectivity index (χ3v) is 4.77. The van der Waals surface area contributed by atoms with E-state index in [4.69, 9.17) is 4.74 Å². The van der Waals surface area contributed by atoms with E-state index < -0.39 is 46.6 Å². The molecule has 160 valence electrons. The van der Waals surface area contributed by atoms with Crippen molar-refractivity contribution in [3.63, 3.8) is 0 Å². The van der Waals surface area contributed by atoms with Gasteiger partial charge in [-0.15, -0.1) is 0 Å². The third kappa shape index (κ3) is 4.45. The van der Waals surface area contributed by atoms with Gasteiger partial charge in [-0.1, -0.05) is 12.1 Å². The van der Waals surface area contributed by atoms with Gasteiger partial charge in [0, 0.05) is 30.4 Å². The molecule has 0 saturated carbocycles. The van der Waals surface area contributed by atoms with Crippen LogP contribution < -0.4 is 16.6 Å². The van der Waals surface area contributed by atoms with Gasteiger partial charge in [0.05, 0.1) is 11.3 Å². The van der Waals surface area contributed by atoms with Crippen LogP contribution in [0.2, 0.25) is 0 Å². The second-order valence-corrected chi connectivity index (χ2v) is 6.93. The van der Waals surface area contributed by atoms with Gasteiger partial charge in [0.1, 0.15) is 18.3 Å². The van der Waals surface area contributed by atoms with Crippen molar-refractivity contribution in [1.29, 1.82) is 0 Å². The number of H-pyrrole nitrogens is 1. The standard InChI is InChI=1S/C18H20N4O8/c1-9-8-21(18(27)20-16(9)26)17-15(25)14(24)12(30-17)7-19-13(23)6-10-2-4-11(5-3-10)22(28)29/h2-5,8,12,14-15,17,24-25H,6-7H2,1H3,(H,19,23)(H,20,26,27)/t12-,14?,15?,17-/m1/s1. The first-order valence-electron chi connectivity index (χ1n) is 9.01. The number of amides is 1. The monoisotopic (exact) mass is 420 g/mol. The normalized spacial score (nSPS) is 23.3. The Kier molecular flexibility index (Phi) is 6.10. The van der Waals surface area contributed by atoms with Crippen LogP contribution in [0.1, 0.15) is 17.4 Å². The molecule has 1 aliphatic heterocycles. The zero-order chi connectivity index (χ0) is 22.0. The fraction of sp³-hybridized carbons (Fsp3) is 0.389. The largest absolute Gasteiger partial charge is 0.387 e. The summed E-state index contributed by atoms with van der Waals surface area (Å²) in [5.74, 6) is -0.422. The van der Waals surface area contributed by atoms with E-state index in [2.05, 4.69) is 10.3 Å². The number of carbonyl (C=O) groups excluding carboxylic acids is 1. The molecular formula is C18H20N4O8. The maximum absolute atomic E-state index is 12.1. The number of nitro groups is 1. The van der Waals surface area contributed by atoms with Crippen molar-refractivity contribution in [1.82, 2.24) is 14.9 Å². The lowest BCUT2D eigenvalue weighted by Crippen LogP contribution is -2.40. The summed E-state index contributed by atoms with van der Waals surface area (Å²) in [6.07, 6.45) is -3.90. The van der Waals surface area contributed by atoms with Crippen LogP contribution in [-0.4, -0.2) is 55.5 Å². The molecule has 2 unspecified atom stereocenters. The van der Waals surface area contributed by atoms with Crippen molar-refractivity contribution in [2.45, 2.75) is 37.9 Å². The molecule has 0 aliphatic carbocycles. The molecule has 4 atom stereocenters. The number of aryl methyl sites for hydroxylation is 1. The highest BCUT2D eigenvalue weighted by molar-refractivity contribution is 5.78. The molecule has 2 heterocycles. The van der Waals surface area contributed by atoms with Gasteiger partial charge in [-0.05, 0) is 12.5 Å². The number of benzene rings is 1. The Labute approximate surface area is 168 Å². The molecule has 0 bridgehead atoms. The molecule has 0 spiro atoms. The number of non-ortho nitro benzene ring substituents is 1. The molecule has 1 amide bonds. The molecule has 0 radical (unpaired) electrons. The number of nitrogens with zero attached hydrogens (tertiary/aromatic N) is 2. The summed E-state index contributed by atoms with van der Waals surface area (Å²) in [5.41, 5.74) is -0.683. The van der Waals surface area contributed by atoms with E-state index in [0.29, 0.717) is 5.56 Å². The number of nitro benzene ring substituents is 1. The van der Waals surface area contributed by atoms with Crippen LogP contribution >= 0.6 is 0 Å². The molecule has 2 aromatic rings. The molecule has 1 fully saturated rings. The molecule has 1 aliphatic rings. The first kappa shape index (κ1) is 21.4. The molecule has 30 heavy (non-hydrogen) atoms. The summed E-state index contributed by atoms with van der Waals surface area (Å²) in [7, 11) is 0. The van der Waals surface area contributed by atoms with Crippen LogP contribution in [-0.2, 0) is 16.0 Å². The van der Waals surface area contributed by atoms with Gasteiger partial charge in [-0.3, -0.25) is 29.3 Å². The predicted octanol–water partition coefficient (Wildman–Crippen LogP) is -1.27. The minimum absolute atomic E-state index is 0.0502. The Hall–Kier alpha value is -3.35. The van der Waals surface area contributed by atoms with Crippen molar-refractivity contribution in [3.8, 4) is 0 Å². The fourth-order valence-corrected chi connectivity index (χ4v) is 3.10. The highest BCUT2D eigenvalue weighted by Gasteiger charge is 2.44. The number of hydrogen-bond acceptors (Lipinski definition) is 8. The average Bonchev–Trinajstić information content (AvgIpc) is 2.98. The predicted molar refractivity (Wildman–Crippen MR) is 102 cm³/mol. The SMILES string of the molecule is Cc1cn([C@@H]2O[C@H](CNC(=O)Cc3ccc([N+](=O)[O-])cc3)C(O)C2O)c(=O)[nH]c1=O. The van der Waals surface area contributed by atoms with Gasteiger partial charge in [-0.2, -0.15) is 0 Å². The minimum Gasteiger partial charge on any atom is -0.387 e. The Morgan fingerprint density at radius 1 is 1.27 bits per heavy atom. The van der Waals surface area contributed by atoms with Gasteiger partial charge in [0.25, 0.3) is 11.2 Å². The zero-order valence-corrected chi connectivity index (χ0v) is 15.8. The number of aromatic amines is 1. The number of rotatable bonds is 6. The lowest BCUT2D eigenvalue weighted by Gasteiger charge is -2.17. The van der Waals surface area contributed by atoms with E-state index >= 15 is 0 Å². The first-order valence-corrected chi connectivity index (χ1v) is 9.01. The lowest BCUT2D eigenvalue weighted by molar-refractivity contribution is -0.384. The second kappa shape index (κ2) is 8.57. The van der Waals surface area contributed by atoms with Crippen molar-refractivity contribution in [3.05, 3.63) is 72.5 Å². The molecule has 1 aromatic heterocycles. The van der Waals surface area contributed by atoms with Gasteiger partial charge < -0.3 is 20.3 Å². The Morgan fingerprint density at radius 3 is 2.57 bits per heavy atom. The average molecular weight is 420 g/mol. The Morgan fingerprint density at radius 2 is 1.93 bits per heavy atom. The Balaban J connectivity index is 1.61. The van der Waals surface area contributed by atoms with E-state index in [9.17, 15) is 34.7 Å². The van der Waals surface area contributed by atoms with E-state index in [1.165, 1.54) is 37.4 Å². The smallest absolute Gasteiger partial charge is 0.330 e. The van der Waals surface area contributed by atoms with Gasteiger partial charge >= 0.3 is 5.69 Å². The minimum atomic E-state index is -1.45. The molecular weight excluding hydrogens is 400 g/mol. The van der Waals surface area contributed by atoms with Crippen molar-refractivity contribution in [2.24, 2.45) is 0 Å². The lowest BCUT2D eigenvalue weighted by atomic mass is 10.1. The van der Waals surface area contributed by atoms with E-state index in [1.54, 1.807) is 0 Å². The maximum atomic E-state index is 12.1. The van der Waals surface area contributed by atoms with Gasteiger partial charge in [-0.25, -0.2) is 4.79 Å². The Bertz CT molecular complexity index is 1060. The second-order valence-electron chi connectivity index (χ2n) is 6.93. The number of carbonyl (C=O) groups is 1. The van der Waals surface area contributed by atoms with E-state index in [1.807, 2.05) is 0 Å². The fourth-order valence-electron chi connectivity index (χ4n) is 3.10. The molecule has 1 aromatic carbocycles. The summed E-state index contributed by atoms with van der Waals surface area (Å²) in [6.45, 7) is 1.33. The summed E-state index contributed by atoms with van der Waals surface area (Å²) in [4.78, 5) is 47.8. The van der Waals surface area contributed by atoms with Crippen molar-refractivity contribution in [2.75, 3.05) is 6.54 Å². The van der Waals surface area contributed by atoms with Crippen molar-refractivity contribution >= 4 is 11.6 Å². The van der Waals surface area contributed by atoms with Crippen LogP contribution in [0.25, 0.3) is 0 Å². The molecule has 12 heteroatoms. The number of ether oxygens (including phenoxy) is 1. The molecule has 4 N–H and O–H groups in total. The van der Waals surface area contributed by atoms with Crippen LogP contribution in [0, 0.1) is 17.0 Å². The quantitative estimate of drug-likeness (QED) is 0.330. The number of aliphatic hydroxyl groups is 2. The van der Waals surface area contributed by atoms with Gasteiger partial charge in [0.2, 0.25) is 5.91 Å². The first-order chi connectivity index (χ1) is 14.2. The number of aliphatic hydroxyl groups excluding tert-OH is 2. The molecule has 1 saturated heterocycles.